The van der Waals surface area contributed by atoms with Gasteiger partial charge in [0, 0.05) is 11.8 Å². The van der Waals surface area contributed by atoms with Crippen molar-refractivity contribution in [3.05, 3.63) is 29.5 Å². The highest BCUT2D eigenvalue weighted by Crippen LogP contribution is 2.36. The molecule has 0 aromatic carbocycles. The second-order valence-electron chi connectivity index (χ2n) is 5.25. The van der Waals surface area contributed by atoms with Gasteiger partial charge in [0.25, 0.3) is 0 Å². The summed E-state index contributed by atoms with van der Waals surface area (Å²) in [5.41, 5.74) is 0. The van der Waals surface area contributed by atoms with Crippen molar-refractivity contribution in [2.75, 3.05) is 5.75 Å². The first-order valence-corrected chi connectivity index (χ1v) is 8.98. The third-order valence-electron chi connectivity index (χ3n) is 3.70. The molecule has 0 spiro atoms. The van der Waals surface area contributed by atoms with E-state index >= 15 is 0 Å². The number of aromatic nitrogens is 3. The molecule has 0 atom stereocenters. The Kier molecular flexibility index (Phi) is 4.85. The van der Waals surface area contributed by atoms with E-state index in [2.05, 4.69) is 37.3 Å². The molecule has 1 aliphatic rings. The molecule has 1 fully saturated rings. The molecule has 112 valence electrons. The van der Waals surface area contributed by atoms with Crippen LogP contribution in [0.5, 0.6) is 0 Å². The molecule has 2 heterocycles. The zero-order valence-electron chi connectivity index (χ0n) is 11.8. The maximum absolute atomic E-state index is 5.53. The highest BCUT2D eigenvalue weighted by Gasteiger charge is 2.24. The number of furan rings is 1. The molecule has 2 aromatic heterocycles. The molecule has 1 saturated carbocycles. The van der Waals surface area contributed by atoms with Crippen LogP contribution >= 0.6 is 27.7 Å². The van der Waals surface area contributed by atoms with Crippen LogP contribution in [0.1, 0.15) is 38.1 Å². The predicted octanol–water partition coefficient (Wildman–Crippen LogP) is 5.04. The number of nitrogens with zero attached hydrogens (tertiary/aromatic N) is 3. The van der Waals surface area contributed by atoms with Crippen molar-refractivity contribution >= 4 is 27.7 Å². The van der Waals surface area contributed by atoms with Crippen LogP contribution in [0, 0.1) is 0 Å². The first kappa shape index (κ1) is 14.9. The molecule has 6 heteroatoms. The van der Waals surface area contributed by atoms with Gasteiger partial charge in [-0.1, -0.05) is 53.5 Å². The Morgan fingerprint density at radius 1 is 1.38 bits per heavy atom. The molecule has 0 N–H and O–H groups in total. The lowest BCUT2D eigenvalue weighted by Crippen LogP contribution is -2.15. The maximum atomic E-state index is 5.53. The van der Waals surface area contributed by atoms with Gasteiger partial charge < -0.3 is 4.42 Å². The average Bonchev–Trinajstić information content (AvgIpc) is 3.15. The summed E-state index contributed by atoms with van der Waals surface area (Å²) in [5, 5.41) is 9.69. The van der Waals surface area contributed by atoms with Gasteiger partial charge in [-0.05, 0) is 29.5 Å². The standard InChI is InChI=1S/C15H18BrN3OS/c1-11(16)10-21-15-18-17-14(13-8-5-9-20-13)19(15)12-6-3-2-4-7-12/h5,8-9,12H,1-4,6-7,10H2. The Hall–Kier alpha value is -1.01. The molecule has 0 radical (unpaired) electrons. The van der Waals surface area contributed by atoms with Gasteiger partial charge in [0.1, 0.15) is 0 Å². The van der Waals surface area contributed by atoms with E-state index in [0.29, 0.717) is 6.04 Å². The van der Waals surface area contributed by atoms with Crippen LogP contribution in [-0.4, -0.2) is 20.5 Å². The van der Waals surface area contributed by atoms with Crippen LogP contribution in [0.15, 0.2) is 39.0 Å². The van der Waals surface area contributed by atoms with Crippen LogP contribution in [0.2, 0.25) is 0 Å². The summed E-state index contributed by atoms with van der Waals surface area (Å²) in [6.45, 7) is 3.89. The lowest BCUT2D eigenvalue weighted by molar-refractivity contribution is 0.337. The number of rotatable bonds is 5. The highest BCUT2D eigenvalue weighted by molar-refractivity contribution is 9.11. The largest absolute Gasteiger partial charge is 0.461 e. The van der Waals surface area contributed by atoms with E-state index in [-0.39, 0.29) is 0 Å². The normalized spacial score (nSPS) is 16.2. The fourth-order valence-electron chi connectivity index (χ4n) is 2.76. The smallest absolute Gasteiger partial charge is 0.200 e. The molecule has 1 aliphatic carbocycles. The molecule has 0 bridgehead atoms. The van der Waals surface area contributed by atoms with E-state index < -0.39 is 0 Å². The van der Waals surface area contributed by atoms with Crippen molar-refractivity contribution < 1.29 is 4.42 Å². The molecule has 3 rings (SSSR count). The Morgan fingerprint density at radius 3 is 2.86 bits per heavy atom. The maximum Gasteiger partial charge on any atom is 0.200 e. The molecule has 21 heavy (non-hydrogen) atoms. The van der Waals surface area contributed by atoms with E-state index in [1.54, 1.807) is 18.0 Å². The van der Waals surface area contributed by atoms with Crippen molar-refractivity contribution in [1.29, 1.82) is 0 Å². The van der Waals surface area contributed by atoms with E-state index in [4.69, 9.17) is 4.42 Å². The van der Waals surface area contributed by atoms with Gasteiger partial charge >= 0.3 is 0 Å². The monoisotopic (exact) mass is 367 g/mol. The molecule has 2 aromatic rings. The molecule has 4 nitrogen and oxygen atoms in total. The SMILES string of the molecule is C=C(Br)CSc1nnc(-c2ccco2)n1C1CCCCC1. The van der Waals surface area contributed by atoms with Crippen LogP contribution in [0.25, 0.3) is 11.6 Å². The third-order valence-corrected chi connectivity index (χ3v) is 5.38. The second-order valence-corrected chi connectivity index (χ2v) is 7.32. The lowest BCUT2D eigenvalue weighted by Gasteiger charge is -2.25. The fourth-order valence-corrected chi connectivity index (χ4v) is 3.86. The molecule has 0 amide bonds. The predicted molar refractivity (Wildman–Crippen MR) is 88.6 cm³/mol. The number of thioether (sulfide) groups is 1. The molecular formula is C15H18BrN3OS. The Labute approximate surface area is 137 Å². The summed E-state index contributed by atoms with van der Waals surface area (Å²) < 4.78 is 8.76. The van der Waals surface area contributed by atoms with Crippen LogP contribution in [0.3, 0.4) is 0 Å². The van der Waals surface area contributed by atoms with Gasteiger partial charge in [0.2, 0.25) is 5.82 Å². The van der Waals surface area contributed by atoms with E-state index in [9.17, 15) is 0 Å². The molecular weight excluding hydrogens is 350 g/mol. The summed E-state index contributed by atoms with van der Waals surface area (Å²) in [6, 6.07) is 4.31. The first-order valence-electron chi connectivity index (χ1n) is 7.20. The second kappa shape index (κ2) is 6.83. The quantitative estimate of drug-likeness (QED) is 0.693. The highest BCUT2D eigenvalue weighted by atomic mass is 79.9. The van der Waals surface area contributed by atoms with Gasteiger partial charge in [-0.25, -0.2) is 0 Å². The van der Waals surface area contributed by atoms with Gasteiger partial charge in [-0.15, -0.1) is 10.2 Å². The third kappa shape index (κ3) is 3.43. The molecule has 0 aliphatic heterocycles. The van der Waals surface area contributed by atoms with Gasteiger partial charge in [-0.2, -0.15) is 0 Å². The van der Waals surface area contributed by atoms with E-state index in [0.717, 1.165) is 27.0 Å². The molecule has 0 saturated heterocycles. The van der Waals surface area contributed by atoms with Crippen molar-refractivity contribution in [2.45, 2.75) is 43.3 Å². The van der Waals surface area contributed by atoms with Crippen molar-refractivity contribution in [3.63, 3.8) is 0 Å². The number of hydrogen-bond acceptors (Lipinski definition) is 4. The topological polar surface area (TPSA) is 43.9 Å². The summed E-state index contributed by atoms with van der Waals surface area (Å²) >= 11 is 5.07. The van der Waals surface area contributed by atoms with Crippen molar-refractivity contribution in [2.24, 2.45) is 0 Å². The lowest BCUT2D eigenvalue weighted by atomic mass is 9.95. The van der Waals surface area contributed by atoms with E-state index in [1.165, 1.54) is 32.1 Å². The zero-order chi connectivity index (χ0) is 14.7. The minimum absolute atomic E-state index is 0.472. The number of hydrogen-bond donors (Lipinski definition) is 0. The van der Waals surface area contributed by atoms with Crippen molar-refractivity contribution in [1.82, 2.24) is 14.8 Å². The Bertz CT molecular complexity index is 602. The zero-order valence-corrected chi connectivity index (χ0v) is 14.2. The van der Waals surface area contributed by atoms with Crippen molar-refractivity contribution in [3.8, 4) is 11.6 Å². The first-order chi connectivity index (χ1) is 10.3. The van der Waals surface area contributed by atoms with Gasteiger partial charge in [0.15, 0.2) is 10.9 Å². The van der Waals surface area contributed by atoms with E-state index in [1.807, 2.05) is 12.1 Å². The van der Waals surface area contributed by atoms with Gasteiger partial charge in [0.05, 0.1) is 6.26 Å². The minimum atomic E-state index is 0.472. The summed E-state index contributed by atoms with van der Waals surface area (Å²) in [4.78, 5) is 0. The fraction of sp³-hybridized carbons (Fsp3) is 0.467. The Morgan fingerprint density at radius 2 is 2.19 bits per heavy atom. The summed E-state index contributed by atoms with van der Waals surface area (Å²) in [6.07, 6.45) is 7.94. The van der Waals surface area contributed by atoms with Crippen LogP contribution in [-0.2, 0) is 0 Å². The Balaban J connectivity index is 1.94. The minimum Gasteiger partial charge on any atom is -0.461 e. The average molecular weight is 368 g/mol. The van der Waals surface area contributed by atoms with Crippen LogP contribution < -0.4 is 0 Å². The summed E-state index contributed by atoms with van der Waals surface area (Å²) in [7, 11) is 0. The molecule has 0 unspecified atom stereocenters. The number of halogens is 1. The van der Waals surface area contributed by atoms with Crippen LogP contribution in [0.4, 0.5) is 0 Å². The van der Waals surface area contributed by atoms with Gasteiger partial charge in [-0.3, -0.25) is 4.57 Å². The summed E-state index contributed by atoms with van der Waals surface area (Å²) in [5.74, 6) is 2.43.